The van der Waals surface area contributed by atoms with Crippen molar-refractivity contribution in [2.45, 2.75) is 25.0 Å². The van der Waals surface area contributed by atoms with Gasteiger partial charge in [-0.3, -0.25) is 0 Å². The third-order valence-electron chi connectivity index (χ3n) is 4.69. The highest BCUT2D eigenvalue weighted by Gasteiger charge is 2.25. The van der Waals surface area contributed by atoms with Crippen LogP contribution in [0.5, 0.6) is 0 Å². The number of likely N-dealkylation sites (N-methyl/N-ethyl adjacent to an activating group) is 1. The lowest BCUT2D eigenvalue weighted by atomic mass is 10.0. The Hall–Kier alpha value is -1.10. The predicted octanol–water partition coefficient (Wildman–Crippen LogP) is 1.88. The van der Waals surface area contributed by atoms with Gasteiger partial charge in [-0.2, -0.15) is 0 Å². The zero-order valence-corrected chi connectivity index (χ0v) is 13.2. The van der Waals surface area contributed by atoms with E-state index in [9.17, 15) is 0 Å². The van der Waals surface area contributed by atoms with Crippen molar-refractivity contribution in [1.29, 1.82) is 0 Å². The number of benzene rings is 1. The molecular weight excluding hydrogens is 262 g/mol. The smallest absolute Gasteiger partial charge is 0.0876 e. The minimum absolute atomic E-state index is 0.322. The molecule has 4 heteroatoms. The van der Waals surface area contributed by atoms with E-state index in [0.29, 0.717) is 12.1 Å². The highest BCUT2D eigenvalue weighted by Crippen LogP contribution is 2.32. The Morgan fingerprint density at radius 3 is 2.95 bits per heavy atom. The van der Waals surface area contributed by atoms with E-state index in [1.807, 2.05) is 0 Å². The number of ether oxygens (including phenoxy) is 1. The number of hydrogen-bond donors (Lipinski definition) is 1. The summed E-state index contributed by atoms with van der Waals surface area (Å²) in [4.78, 5) is 4.89. The quantitative estimate of drug-likeness (QED) is 0.919. The van der Waals surface area contributed by atoms with E-state index < -0.39 is 0 Å². The minimum atomic E-state index is 0.322. The Labute approximate surface area is 128 Å². The maximum absolute atomic E-state index is 5.96. The summed E-state index contributed by atoms with van der Waals surface area (Å²) in [7, 11) is 4.25. The first-order valence-corrected chi connectivity index (χ1v) is 8.09. The van der Waals surface area contributed by atoms with Crippen molar-refractivity contribution in [3.8, 4) is 0 Å². The average Bonchev–Trinajstić information content (AvgIpc) is 2.67. The second kappa shape index (κ2) is 6.77. The van der Waals surface area contributed by atoms with Crippen LogP contribution in [-0.2, 0) is 4.74 Å². The van der Waals surface area contributed by atoms with Crippen LogP contribution in [0.3, 0.4) is 0 Å². The van der Waals surface area contributed by atoms with Gasteiger partial charge < -0.3 is 19.9 Å². The second-order valence-corrected chi connectivity index (χ2v) is 6.24. The molecule has 2 atom stereocenters. The van der Waals surface area contributed by atoms with Gasteiger partial charge in [-0.25, -0.2) is 0 Å². The van der Waals surface area contributed by atoms with E-state index in [1.165, 1.54) is 24.1 Å². The monoisotopic (exact) mass is 289 g/mol. The Bertz CT molecular complexity index is 465. The normalized spacial score (nSPS) is 27.2. The van der Waals surface area contributed by atoms with Gasteiger partial charge in [0.15, 0.2) is 0 Å². The Balaban J connectivity index is 1.78. The maximum Gasteiger partial charge on any atom is 0.0876 e. The van der Waals surface area contributed by atoms with Crippen LogP contribution < -0.4 is 10.2 Å². The average molecular weight is 289 g/mol. The summed E-state index contributed by atoms with van der Waals surface area (Å²) in [5.74, 6) is 0. The molecule has 2 heterocycles. The molecule has 0 bridgehead atoms. The molecule has 0 amide bonds. The largest absolute Gasteiger partial charge is 0.374 e. The summed E-state index contributed by atoms with van der Waals surface area (Å²) < 4.78 is 5.96. The highest BCUT2D eigenvalue weighted by molar-refractivity contribution is 5.56. The molecule has 3 rings (SSSR count). The van der Waals surface area contributed by atoms with Crippen molar-refractivity contribution in [3.05, 3.63) is 29.8 Å². The molecule has 1 aromatic rings. The van der Waals surface area contributed by atoms with Crippen LogP contribution in [0, 0.1) is 0 Å². The molecule has 4 nitrogen and oxygen atoms in total. The summed E-state index contributed by atoms with van der Waals surface area (Å²) in [6.45, 7) is 5.06. The van der Waals surface area contributed by atoms with Crippen LogP contribution in [0.25, 0.3) is 0 Å². The van der Waals surface area contributed by atoms with Gasteiger partial charge in [0.2, 0.25) is 0 Å². The molecular formula is C17H27N3O. The molecule has 1 N–H and O–H groups in total. The summed E-state index contributed by atoms with van der Waals surface area (Å²) in [6, 6.07) is 9.30. The molecule has 0 saturated carbocycles. The summed E-state index contributed by atoms with van der Waals surface area (Å²) in [5.41, 5.74) is 2.81. The molecule has 0 radical (unpaired) electrons. The van der Waals surface area contributed by atoms with E-state index in [2.05, 4.69) is 53.5 Å². The third-order valence-corrected chi connectivity index (χ3v) is 4.69. The first-order valence-electron chi connectivity index (χ1n) is 8.09. The van der Waals surface area contributed by atoms with Gasteiger partial charge in [0.1, 0.15) is 0 Å². The fourth-order valence-electron chi connectivity index (χ4n) is 3.54. The SMILES string of the molecule is CNC1CCCN(CC2CN(C)CCO2)c2ccccc21. The van der Waals surface area contributed by atoms with Crippen LogP contribution in [0.1, 0.15) is 24.4 Å². The molecule has 2 unspecified atom stereocenters. The number of nitrogens with one attached hydrogen (secondary N) is 1. The Morgan fingerprint density at radius 1 is 1.29 bits per heavy atom. The van der Waals surface area contributed by atoms with E-state index >= 15 is 0 Å². The summed E-state index contributed by atoms with van der Waals surface area (Å²) in [5, 5.41) is 3.47. The fraction of sp³-hybridized carbons (Fsp3) is 0.647. The number of para-hydroxylation sites is 1. The summed E-state index contributed by atoms with van der Waals surface area (Å²) >= 11 is 0. The van der Waals surface area contributed by atoms with Crippen LogP contribution >= 0.6 is 0 Å². The van der Waals surface area contributed by atoms with Crippen molar-refractivity contribution in [2.24, 2.45) is 0 Å². The van der Waals surface area contributed by atoms with Crippen molar-refractivity contribution < 1.29 is 4.74 Å². The molecule has 1 saturated heterocycles. The molecule has 1 aromatic carbocycles. The van der Waals surface area contributed by atoms with Gasteiger partial charge in [0, 0.05) is 37.9 Å². The molecule has 1 fully saturated rings. The first-order chi connectivity index (χ1) is 10.3. The fourth-order valence-corrected chi connectivity index (χ4v) is 3.54. The number of morpholine rings is 1. The zero-order chi connectivity index (χ0) is 14.7. The second-order valence-electron chi connectivity index (χ2n) is 6.24. The van der Waals surface area contributed by atoms with Crippen LogP contribution in [0.15, 0.2) is 24.3 Å². The van der Waals surface area contributed by atoms with Crippen molar-refractivity contribution in [3.63, 3.8) is 0 Å². The van der Waals surface area contributed by atoms with Gasteiger partial charge in [-0.1, -0.05) is 18.2 Å². The van der Waals surface area contributed by atoms with Crippen LogP contribution in [0.2, 0.25) is 0 Å². The van der Waals surface area contributed by atoms with Crippen LogP contribution in [0.4, 0.5) is 5.69 Å². The molecule has 0 spiro atoms. The van der Waals surface area contributed by atoms with Gasteiger partial charge in [0.25, 0.3) is 0 Å². The lowest BCUT2D eigenvalue weighted by molar-refractivity contribution is -0.0147. The molecule has 2 aliphatic rings. The maximum atomic E-state index is 5.96. The van der Waals surface area contributed by atoms with E-state index in [4.69, 9.17) is 4.74 Å². The van der Waals surface area contributed by atoms with Gasteiger partial charge in [0.05, 0.1) is 12.7 Å². The Kier molecular flexibility index (Phi) is 4.78. The van der Waals surface area contributed by atoms with Gasteiger partial charge in [-0.15, -0.1) is 0 Å². The molecule has 2 aliphatic heterocycles. The summed E-state index contributed by atoms with van der Waals surface area (Å²) in [6.07, 6.45) is 2.75. The van der Waals surface area contributed by atoms with E-state index in [0.717, 1.165) is 32.8 Å². The number of anilines is 1. The molecule has 116 valence electrons. The van der Waals surface area contributed by atoms with Crippen molar-refractivity contribution in [1.82, 2.24) is 10.2 Å². The minimum Gasteiger partial charge on any atom is -0.374 e. The lowest BCUT2D eigenvalue weighted by Gasteiger charge is -2.35. The standard InChI is InChI=1S/C17H27N3O/c1-18-16-7-5-9-20(17-8-4-3-6-15(16)17)13-14-12-19(2)10-11-21-14/h3-4,6,8,14,16,18H,5,7,9-13H2,1-2H3. The third kappa shape index (κ3) is 3.39. The van der Waals surface area contributed by atoms with Crippen LogP contribution in [-0.4, -0.2) is 57.9 Å². The zero-order valence-electron chi connectivity index (χ0n) is 13.2. The highest BCUT2D eigenvalue weighted by atomic mass is 16.5. The number of fused-ring (bicyclic) bond motifs is 1. The first kappa shape index (κ1) is 14.8. The number of hydrogen-bond acceptors (Lipinski definition) is 4. The number of rotatable bonds is 3. The molecule has 21 heavy (non-hydrogen) atoms. The molecule has 0 aromatic heterocycles. The van der Waals surface area contributed by atoms with Crippen molar-refractivity contribution in [2.75, 3.05) is 51.8 Å². The Morgan fingerprint density at radius 2 is 2.14 bits per heavy atom. The molecule has 0 aliphatic carbocycles. The number of nitrogens with zero attached hydrogens (tertiary/aromatic N) is 2. The predicted molar refractivity (Wildman–Crippen MR) is 86.9 cm³/mol. The van der Waals surface area contributed by atoms with E-state index in [-0.39, 0.29) is 0 Å². The van der Waals surface area contributed by atoms with E-state index in [1.54, 1.807) is 0 Å². The van der Waals surface area contributed by atoms with Crippen molar-refractivity contribution >= 4 is 5.69 Å². The topological polar surface area (TPSA) is 27.7 Å². The van der Waals surface area contributed by atoms with Gasteiger partial charge in [-0.05, 0) is 38.6 Å². The lowest BCUT2D eigenvalue weighted by Crippen LogP contribution is -2.46. The van der Waals surface area contributed by atoms with Gasteiger partial charge >= 0.3 is 0 Å².